The van der Waals surface area contributed by atoms with Gasteiger partial charge in [0.2, 0.25) is 0 Å². The lowest BCUT2D eigenvalue weighted by Gasteiger charge is -2.19. The van der Waals surface area contributed by atoms with Crippen LogP contribution < -0.4 is 5.73 Å². The molecule has 0 amide bonds. The molecule has 1 aliphatic rings. The molecule has 1 aliphatic heterocycles. The van der Waals surface area contributed by atoms with Crippen LogP contribution in [0.3, 0.4) is 0 Å². The fraction of sp³-hybridized carbons (Fsp3) is 0.167. The van der Waals surface area contributed by atoms with E-state index in [1.54, 1.807) is 11.3 Å². The second kappa shape index (κ2) is 4.85. The predicted octanol–water partition coefficient (Wildman–Crippen LogP) is 2.57. The maximum absolute atomic E-state index is 5.97. The van der Waals surface area contributed by atoms with Gasteiger partial charge in [0, 0.05) is 23.6 Å². The number of nitrogens with two attached hydrogens (primary N) is 1. The molecule has 1 unspecified atom stereocenters. The van der Waals surface area contributed by atoms with Crippen LogP contribution >= 0.6 is 23.7 Å². The van der Waals surface area contributed by atoms with Gasteiger partial charge in [-0.15, -0.1) is 23.7 Å². The number of nitrogens with zero attached hydrogens (tertiary/aromatic N) is 2. The Morgan fingerprint density at radius 2 is 2.12 bits per heavy atom. The van der Waals surface area contributed by atoms with Gasteiger partial charge < -0.3 is 5.73 Å². The minimum absolute atomic E-state index is 0. The number of fused-ring (bicyclic) bond motifs is 1. The monoisotopic (exact) mass is 265 g/mol. The Kier molecular flexibility index (Phi) is 3.45. The molecule has 2 heterocycles. The number of aromatic nitrogens is 1. The summed E-state index contributed by atoms with van der Waals surface area (Å²) in [6.45, 7) is 0. The van der Waals surface area contributed by atoms with Crippen molar-refractivity contribution in [3.8, 4) is 0 Å². The van der Waals surface area contributed by atoms with Crippen molar-refractivity contribution < 1.29 is 0 Å². The Morgan fingerprint density at radius 1 is 1.29 bits per heavy atom. The third-order valence-corrected chi connectivity index (χ3v) is 3.61. The van der Waals surface area contributed by atoms with Gasteiger partial charge in [-0.3, -0.25) is 4.99 Å². The molecule has 2 N–H and O–H groups in total. The van der Waals surface area contributed by atoms with E-state index >= 15 is 0 Å². The van der Waals surface area contributed by atoms with Crippen molar-refractivity contribution >= 4 is 29.6 Å². The minimum atomic E-state index is 0. The fourth-order valence-corrected chi connectivity index (χ4v) is 2.66. The maximum Gasteiger partial charge on any atom is 0.126 e. The average Bonchev–Trinajstić information content (AvgIpc) is 2.82. The van der Waals surface area contributed by atoms with E-state index < -0.39 is 0 Å². The summed E-state index contributed by atoms with van der Waals surface area (Å²) in [6.07, 6.45) is 2.70. The zero-order chi connectivity index (χ0) is 11.0. The smallest absolute Gasteiger partial charge is 0.126 e. The van der Waals surface area contributed by atoms with Gasteiger partial charge in [-0.1, -0.05) is 24.3 Å². The molecule has 17 heavy (non-hydrogen) atoms. The average molecular weight is 266 g/mol. The van der Waals surface area contributed by atoms with Crippen LogP contribution in [0.2, 0.25) is 0 Å². The van der Waals surface area contributed by atoms with E-state index in [0.29, 0.717) is 5.84 Å². The van der Waals surface area contributed by atoms with Crippen molar-refractivity contribution in [1.82, 2.24) is 4.98 Å². The lowest BCUT2D eigenvalue weighted by Crippen LogP contribution is -2.22. The van der Waals surface area contributed by atoms with Crippen LogP contribution in [0.1, 0.15) is 22.2 Å². The van der Waals surface area contributed by atoms with Crippen LogP contribution in [-0.4, -0.2) is 10.8 Å². The van der Waals surface area contributed by atoms with Crippen LogP contribution in [-0.2, 0) is 6.42 Å². The maximum atomic E-state index is 5.97. The quantitative estimate of drug-likeness (QED) is 0.862. The first-order valence-corrected chi connectivity index (χ1v) is 6.03. The van der Waals surface area contributed by atoms with Crippen molar-refractivity contribution in [2.45, 2.75) is 12.5 Å². The normalized spacial score (nSPS) is 17.9. The zero-order valence-corrected chi connectivity index (χ0v) is 10.7. The summed E-state index contributed by atoms with van der Waals surface area (Å²) < 4.78 is 0. The first kappa shape index (κ1) is 12.1. The van der Waals surface area contributed by atoms with Gasteiger partial charge in [0.05, 0.1) is 0 Å². The van der Waals surface area contributed by atoms with Crippen LogP contribution in [0.5, 0.6) is 0 Å². The minimum Gasteiger partial charge on any atom is -0.383 e. The second-order valence-electron chi connectivity index (χ2n) is 3.76. The summed E-state index contributed by atoms with van der Waals surface area (Å²) in [5.41, 5.74) is 8.29. The lowest BCUT2D eigenvalue weighted by molar-refractivity contribution is 0.703. The van der Waals surface area contributed by atoms with Crippen molar-refractivity contribution in [1.29, 1.82) is 0 Å². The molecule has 1 aromatic carbocycles. The predicted molar refractivity (Wildman–Crippen MR) is 73.0 cm³/mol. The molecule has 0 aliphatic carbocycles. The molecule has 0 saturated carbocycles. The molecule has 3 nitrogen and oxygen atoms in total. The van der Waals surface area contributed by atoms with Gasteiger partial charge in [-0.25, -0.2) is 4.98 Å². The lowest BCUT2D eigenvalue weighted by atomic mass is 9.97. The third-order valence-electron chi connectivity index (χ3n) is 2.74. The molecule has 1 atom stereocenters. The molecule has 0 saturated heterocycles. The van der Waals surface area contributed by atoms with Gasteiger partial charge in [0.15, 0.2) is 0 Å². The van der Waals surface area contributed by atoms with E-state index in [9.17, 15) is 0 Å². The number of aliphatic imine (C=N–C) groups is 1. The van der Waals surface area contributed by atoms with Crippen LogP contribution in [0, 0.1) is 0 Å². The molecule has 0 radical (unpaired) electrons. The molecular formula is C12H12ClN3S. The first-order valence-electron chi connectivity index (χ1n) is 5.15. The summed E-state index contributed by atoms with van der Waals surface area (Å²) in [7, 11) is 0. The summed E-state index contributed by atoms with van der Waals surface area (Å²) in [5.74, 6) is 0.627. The Morgan fingerprint density at radius 3 is 2.88 bits per heavy atom. The number of amidine groups is 1. The number of hydrogen-bond donors (Lipinski definition) is 1. The molecule has 5 heteroatoms. The van der Waals surface area contributed by atoms with E-state index in [-0.39, 0.29) is 18.4 Å². The van der Waals surface area contributed by atoms with E-state index in [2.05, 4.69) is 16.0 Å². The number of benzene rings is 1. The van der Waals surface area contributed by atoms with Gasteiger partial charge in [0.25, 0.3) is 0 Å². The van der Waals surface area contributed by atoms with Gasteiger partial charge in [0.1, 0.15) is 16.9 Å². The standard InChI is InChI=1S/C12H11N3S.ClH/c13-11-9-4-2-1-3-8(9)7-10(15-11)12-14-5-6-16-12;/h1-6,10H,7H2,(H2,13,15);1H. The fourth-order valence-electron chi connectivity index (χ4n) is 1.98. The van der Waals surface area contributed by atoms with Crippen LogP contribution in [0.4, 0.5) is 0 Å². The SMILES string of the molecule is Cl.NC1=NC(c2nccs2)Cc2ccccc21. The summed E-state index contributed by atoms with van der Waals surface area (Å²) in [4.78, 5) is 8.81. The van der Waals surface area contributed by atoms with Crippen LogP contribution in [0.25, 0.3) is 0 Å². The highest BCUT2D eigenvalue weighted by molar-refractivity contribution is 7.09. The zero-order valence-electron chi connectivity index (χ0n) is 9.04. The van der Waals surface area contributed by atoms with Crippen molar-refractivity contribution in [3.63, 3.8) is 0 Å². The van der Waals surface area contributed by atoms with E-state index in [1.165, 1.54) is 5.56 Å². The van der Waals surface area contributed by atoms with Crippen molar-refractivity contribution in [2.24, 2.45) is 10.7 Å². The van der Waals surface area contributed by atoms with Gasteiger partial charge in [-0.05, 0) is 5.56 Å². The van der Waals surface area contributed by atoms with E-state index in [0.717, 1.165) is 17.0 Å². The molecule has 0 fully saturated rings. The number of hydrogen-bond acceptors (Lipinski definition) is 4. The number of thiazole rings is 1. The highest BCUT2D eigenvalue weighted by atomic mass is 35.5. The van der Waals surface area contributed by atoms with Gasteiger partial charge in [-0.2, -0.15) is 0 Å². The highest BCUT2D eigenvalue weighted by Gasteiger charge is 2.21. The Labute approximate surface area is 110 Å². The Hall–Kier alpha value is -1.39. The van der Waals surface area contributed by atoms with E-state index in [4.69, 9.17) is 5.73 Å². The van der Waals surface area contributed by atoms with Crippen molar-refractivity contribution in [3.05, 3.63) is 52.0 Å². The largest absolute Gasteiger partial charge is 0.383 e. The Balaban J connectivity index is 0.00000108. The molecule has 3 rings (SSSR count). The topological polar surface area (TPSA) is 51.3 Å². The van der Waals surface area contributed by atoms with Gasteiger partial charge >= 0.3 is 0 Å². The molecule has 1 aromatic heterocycles. The number of halogens is 1. The summed E-state index contributed by atoms with van der Waals surface area (Å²) in [6, 6.07) is 8.25. The first-order chi connectivity index (χ1) is 7.84. The molecule has 0 bridgehead atoms. The molecule has 0 spiro atoms. The van der Waals surface area contributed by atoms with E-state index in [1.807, 2.05) is 29.8 Å². The second-order valence-corrected chi connectivity index (χ2v) is 4.69. The Bertz CT molecular complexity index is 536. The summed E-state index contributed by atoms with van der Waals surface area (Å²) >= 11 is 1.63. The highest BCUT2D eigenvalue weighted by Crippen LogP contribution is 2.29. The van der Waals surface area contributed by atoms with Crippen molar-refractivity contribution in [2.75, 3.05) is 0 Å². The van der Waals surface area contributed by atoms with Crippen LogP contribution in [0.15, 0.2) is 40.8 Å². The number of rotatable bonds is 1. The summed E-state index contributed by atoms with van der Waals surface area (Å²) in [5, 5.41) is 3.01. The molecule has 88 valence electrons. The molecule has 2 aromatic rings. The molecular weight excluding hydrogens is 254 g/mol. The third kappa shape index (κ3) is 2.18.